The van der Waals surface area contributed by atoms with Crippen molar-refractivity contribution in [2.45, 2.75) is 38.6 Å². The van der Waals surface area contributed by atoms with Crippen LogP contribution in [0.4, 0.5) is 5.82 Å². The van der Waals surface area contributed by atoms with Crippen LogP contribution in [-0.2, 0) is 0 Å². The summed E-state index contributed by atoms with van der Waals surface area (Å²) in [5, 5.41) is 3.71. The third kappa shape index (κ3) is 3.32. The van der Waals surface area contributed by atoms with Crippen LogP contribution in [0.25, 0.3) is 0 Å². The highest BCUT2D eigenvalue weighted by atomic mass is 79.9. The maximum atomic E-state index is 5.78. The molecule has 0 aliphatic heterocycles. The van der Waals surface area contributed by atoms with E-state index in [0.29, 0.717) is 6.04 Å². The van der Waals surface area contributed by atoms with Gasteiger partial charge in [0.05, 0.1) is 4.47 Å². The number of anilines is 1. The van der Waals surface area contributed by atoms with Gasteiger partial charge in [0, 0.05) is 12.2 Å². The van der Waals surface area contributed by atoms with E-state index in [1.54, 1.807) is 6.20 Å². The van der Waals surface area contributed by atoms with Crippen LogP contribution in [0.3, 0.4) is 0 Å². The molecule has 1 N–H and O–H groups in total. The molecule has 0 radical (unpaired) electrons. The van der Waals surface area contributed by atoms with Crippen LogP contribution in [0, 0.1) is 5.92 Å². The van der Waals surface area contributed by atoms with Gasteiger partial charge in [-0.25, -0.2) is 4.98 Å². The second-order valence-electron chi connectivity index (χ2n) is 4.26. The summed E-state index contributed by atoms with van der Waals surface area (Å²) >= 11 is 9.20. The summed E-state index contributed by atoms with van der Waals surface area (Å²) in [5.41, 5.74) is 0. The van der Waals surface area contributed by atoms with Crippen molar-refractivity contribution in [1.82, 2.24) is 9.97 Å². The topological polar surface area (TPSA) is 37.8 Å². The standard InChI is InChI=1S/C11H15BrClN3/c1-2-8(5-7-3-4-7)15-10-9(12)6-14-11(13)16-10/h6-8H,2-5H2,1H3,(H,14,15,16). The Hall–Kier alpha value is -0.350. The molecular formula is C11H15BrClN3. The average molecular weight is 305 g/mol. The lowest BCUT2D eigenvalue weighted by molar-refractivity contribution is 0.584. The van der Waals surface area contributed by atoms with Gasteiger partial charge in [0.2, 0.25) is 5.28 Å². The number of rotatable bonds is 5. The monoisotopic (exact) mass is 303 g/mol. The molecule has 1 fully saturated rings. The van der Waals surface area contributed by atoms with Gasteiger partial charge in [-0.15, -0.1) is 0 Å². The van der Waals surface area contributed by atoms with Crippen LogP contribution in [0.15, 0.2) is 10.7 Å². The maximum Gasteiger partial charge on any atom is 0.224 e. The van der Waals surface area contributed by atoms with Gasteiger partial charge in [0.25, 0.3) is 0 Å². The second kappa shape index (κ2) is 5.32. The summed E-state index contributed by atoms with van der Waals surface area (Å²) in [6.07, 6.45) is 6.77. The molecule has 1 unspecified atom stereocenters. The zero-order valence-corrected chi connectivity index (χ0v) is 11.6. The summed E-state index contributed by atoms with van der Waals surface area (Å²) < 4.78 is 0.867. The minimum atomic E-state index is 0.284. The van der Waals surface area contributed by atoms with E-state index in [-0.39, 0.29) is 5.28 Å². The lowest BCUT2D eigenvalue weighted by Gasteiger charge is -2.17. The quantitative estimate of drug-likeness (QED) is 0.839. The van der Waals surface area contributed by atoms with Crippen molar-refractivity contribution in [3.8, 4) is 0 Å². The number of aromatic nitrogens is 2. The molecule has 1 aromatic heterocycles. The zero-order valence-electron chi connectivity index (χ0n) is 9.21. The lowest BCUT2D eigenvalue weighted by Crippen LogP contribution is -2.20. The highest BCUT2D eigenvalue weighted by Gasteiger charge is 2.25. The van der Waals surface area contributed by atoms with Crippen LogP contribution in [0.2, 0.25) is 5.28 Å². The van der Waals surface area contributed by atoms with Gasteiger partial charge < -0.3 is 5.32 Å². The molecular weight excluding hydrogens is 289 g/mol. The Morgan fingerprint density at radius 3 is 3.00 bits per heavy atom. The Labute approximate surface area is 109 Å². The summed E-state index contributed by atoms with van der Waals surface area (Å²) in [4.78, 5) is 8.10. The van der Waals surface area contributed by atoms with Gasteiger partial charge in [-0.2, -0.15) is 4.98 Å². The Bertz CT molecular complexity index is 368. The third-order valence-electron chi connectivity index (χ3n) is 2.86. The van der Waals surface area contributed by atoms with E-state index < -0.39 is 0 Å². The first kappa shape index (κ1) is 12.1. The predicted molar refractivity (Wildman–Crippen MR) is 69.8 cm³/mol. The highest BCUT2D eigenvalue weighted by Crippen LogP contribution is 2.35. The molecule has 5 heteroatoms. The second-order valence-corrected chi connectivity index (χ2v) is 5.46. The van der Waals surface area contributed by atoms with E-state index in [2.05, 4.69) is 38.1 Å². The molecule has 88 valence electrons. The average Bonchev–Trinajstić information content (AvgIpc) is 3.06. The Morgan fingerprint density at radius 1 is 1.62 bits per heavy atom. The fraction of sp³-hybridized carbons (Fsp3) is 0.636. The number of hydrogen-bond donors (Lipinski definition) is 1. The van der Waals surface area contributed by atoms with Gasteiger partial charge in [0.15, 0.2) is 0 Å². The van der Waals surface area contributed by atoms with Crippen molar-refractivity contribution in [3.63, 3.8) is 0 Å². The first-order valence-electron chi connectivity index (χ1n) is 5.63. The fourth-order valence-electron chi connectivity index (χ4n) is 1.72. The van der Waals surface area contributed by atoms with E-state index in [1.807, 2.05) is 0 Å². The SMILES string of the molecule is CCC(CC1CC1)Nc1nc(Cl)ncc1Br. The minimum Gasteiger partial charge on any atom is -0.366 e. The van der Waals surface area contributed by atoms with Crippen LogP contribution < -0.4 is 5.32 Å². The molecule has 1 saturated carbocycles. The predicted octanol–water partition coefficient (Wildman–Crippen LogP) is 3.88. The largest absolute Gasteiger partial charge is 0.366 e. The molecule has 1 aliphatic carbocycles. The maximum absolute atomic E-state index is 5.78. The van der Waals surface area contributed by atoms with Gasteiger partial charge in [-0.3, -0.25) is 0 Å². The van der Waals surface area contributed by atoms with Crippen LogP contribution in [0.5, 0.6) is 0 Å². The molecule has 0 amide bonds. The first-order valence-corrected chi connectivity index (χ1v) is 6.80. The number of halogens is 2. The molecule has 1 aliphatic rings. The number of hydrogen-bond acceptors (Lipinski definition) is 3. The molecule has 0 aromatic carbocycles. The zero-order chi connectivity index (χ0) is 11.5. The van der Waals surface area contributed by atoms with E-state index in [1.165, 1.54) is 19.3 Å². The molecule has 1 heterocycles. The minimum absolute atomic E-state index is 0.284. The highest BCUT2D eigenvalue weighted by molar-refractivity contribution is 9.10. The van der Waals surface area contributed by atoms with Crippen molar-refractivity contribution in [2.24, 2.45) is 5.92 Å². The summed E-state index contributed by atoms with van der Waals surface area (Å²) in [6, 6.07) is 0.481. The lowest BCUT2D eigenvalue weighted by atomic mass is 10.1. The third-order valence-corrected chi connectivity index (χ3v) is 3.63. The van der Waals surface area contributed by atoms with Crippen LogP contribution >= 0.6 is 27.5 Å². The molecule has 0 bridgehead atoms. The summed E-state index contributed by atoms with van der Waals surface area (Å²) in [5.74, 6) is 1.71. The molecule has 0 saturated heterocycles. The van der Waals surface area contributed by atoms with E-state index in [9.17, 15) is 0 Å². The van der Waals surface area contributed by atoms with Gasteiger partial charge in [-0.1, -0.05) is 19.8 Å². The van der Waals surface area contributed by atoms with Crippen molar-refractivity contribution in [2.75, 3.05) is 5.32 Å². The number of nitrogens with one attached hydrogen (secondary N) is 1. The van der Waals surface area contributed by atoms with Crippen molar-refractivity contribution in [3.05, 3.63) is 16.0 Å². The first-order chi connectivity index (χ1) is 7.69. The fourth-order valence-corrected chi connectivity index (χ4v) is 2.16. The Balaban J connectivity index is 2.01. The van der Waals surface area contributed by atoms with Crippen LogP contribution in [-0.4, -0.2) is 16.0 Å². The van der Waals surface area contributed by atoms with E-state index in [0.717, 1.165) is 22.6 Å². The van der Waals surface area contributed by atoms with Gasteiger partial charge in [-0.05, 0) is 46.3 Å². The summed E-state index contributed by atoms with van der Waals surface area (Å²) in [7, 11) is 0. The molecule has 0 spiro atoms. The normalized spacial score (nSPS) is 17.2. The molecule has 3 nitrogen and oxygen atoms in total. The number of nitrogens with zero attached hydrogens (tertiary/aromatic N) is 2. The molecule has 16 heavy (non-hydrogen) atoms. The Morgan fingerprint density at radius 2 is 2.38 bits per heavy atom. The molecule has 1 atom stereocenters. The van der Waals surface area contributed by atoms with Gasteiger partial charge >= 0.3 is 0 Å². The van der Waals surface area contributed by atoms with Crippen molar-refractivity contribution in [1.29, 1.82) is 0 Å². The summed E-state index contributed by atoms with van der Waals surface area (Å²) in [6.45, 7) is 2.19. The van der Waals surface area contributed by atoms with E-state index >= 15 is 0 Å². The van der Waals surface area contributed by atoms with Crippen molar-refractivity contribution >= 4 is 33.3 Å². The van der Waals surface area contributed by atoms with Gasteiger partial charge in [0.1, 0.15) is 5.82 Å². The van der Waals surface area contributed by atoms with E-state index in [4.69, 9.17) is 11.6 Å². The molecule has 2 rings (SSSR count). The Kier molecular flexibility index (Phi) is 4.03. The smallest absolute Gasteiger partial charge is 0.224 e. The van der Waals surface area contributed by atoms with Crippen LogP contribution in [0.1, 0.15) is 32.6 Å². The molecule has 1 aromatic rings. The van der Waals surface area contributed by atoms with Crippen molar-refractivity contribution < 1.29 is 0 Å².